The number of fused-ring (bicyclic) bond motifs is 1. The Morgan fingerprint density at radius 2 is 2.16 bits per heavy atom. The molecule has 0 spiro atoms. The normalized spacial score (nSPS) is 15.3. The topological polar surface area (TPSA) is 77.0 Å². The molecule has 7 heteroatoms. The van der Waals surface area contributed by atoms with Crippen molar-refractivity contribution in [2.45, 2.75) is 32.5 Å². The molecule has 3 aromatic rings. The quantitative estimate of drug-likeness (QED) is 0.722. The zero-order valence-corrected chi connectivity index (χ0v) is 14.3. The second-order valence-corrected chi connectivity index (χ2v) is 6.23. The predicted octanol–water partition coefficient (Wildman–Crippen LogP) is 2.74. The van der Waals surface area contributed by atoms with Crippen molar-refractivity contribution in [3.63, 3.8) is 0 Å². The van der Waals surface area contributed by atoms with Crippen LogP contribution in [0.15, 0.2) is 42.9 Å². The van der Waals surface area contributed by atoms with Crippen LogP contribution < -0.4 is 14.8 Å². The summed E-state index contributed by atoms with van der Waals surface area (Å²) >= 11 is 0. The summed E-state index contributed by atoms with van der Waals surface area (Å²) < 4.78 is 12.8. The van der Waals surface area contributed by atoms with E-state index in [4.69, 9.17) is 9.47 Å². The number of H-pyrrole nitrogens is 1. The van der Waals surface area contributed by atoms with Crippen molar-refractivity contribution in [1.29, 1.82) is 0 Å². The number of benzene rings is 1. The van der Waals surface area contributed by atoms with Crippen molar-refractivity contribution in [3.8, 4) is 22.8 Å². The lowest BCUT2D eigenvalue weighted by Gasteiger charge is -2.21. The lowest BCUT2D eigenvalue weighted by atomic mass is 10.1. The third-order valence-corrected chi connectivity index (χ3v) is 4.66. The highest BCUT2D eigenvalue weighted by Gasteiger charge is 2.18. The van der Waals surface area contributed by atoms with E-state index >= 15 is 0 Å². The van der Waals surface area contributed by atoms with E-state index in [1.165, 1.54) is 0 Å². The van der Waals surface area contributed by atoms with Crippen LogP contribution >= 0.6 is 0 Å². The van der Waals surface area contributed by atoms with Crippen molar-refractivity contribution >= 4 is 0 Å². The number of nitrogens with zero attached hydrogens (tertiary/aromatic N) is 3. The summed E-state index contributed by atoms with van der Waals surface area (Å²) in [6.07, 6.45) is 5.65. The van der Waals surface area contributed by atoms with Crippen molar-refractivity contribution in [2.24, 2.45) is 0 Å². The molecule has 0 fully saturated rings. The fourth-order valence-corrected chi connectivity index (χ4v) is 2.94. The monoisotopic (exact) mass is 339 g/mol. The molecule has 0 saturated carbocycles. The van der Waals surface area contributed by atoms with Crippen molar-refractivity contribution in [1.82, 2.24) is 25.3 Å². The van der Waals surface area contributed by atoms with Crippen LogP contribution in [0.4, 0.5) is 0 Å². The number of nitrogens with one attached hydrogen (secondary N) is 2. The average Bonchev–Trinajstić information content (AvgIpc) is 3.39. The summed E-state index contributed by atoms with van der Waals surface area (Å²) in [7, 11) is 0. The van der Waals surface area contributed by atoms with Crippen molar-refractivity contribution in [3.05, 3.63) is 48.4 Å². The van der Waals surface area contributed by atoms with Gasteiger partial charge in [-0.25, -0.2) is 0 Å². The number of aromatic nitrogens is 4. The van der Waals surface area contributed by atoms with Gasteiger partial charge in [0, 0.05) is 36.1 Å². The summed E-state index contributed by atoms with van der Waals surface area (Å²) in [6.45, 7) is 5.30. The van der Waals surface area contributed by atoms with Crippen LogP contribution in [0, 0.1) is 0 Å². The van der Waals surface area contributed by atoms with E-state index in [9.17, 15) is 0 Å². The molecule has 3 heterocycles. The minimum absolute atomic E-state index is 0.260. The van der Waals surface area contributed by atoms with Gasteiger partial charge in [0.15, 0.2) is 11.5 Å². The summed E-state index contributed by atoms with van der Waals surface area (Å²) in [5.74, 6) is 1.55. The Bertz CT molecular complexity index is 843. The summed E-state index contributed by atoms with van der Waals surface area (Å²) in [4.78, 5) is 0. The number of aromatic amines is 1. The molecule has 0 bridgehead atoms. The maximum atomic E-state index is 5.47. The Kier molecular flexibility index (Phi) is 4.15. The van der Waals surface area contributed by atoms with E-state index in [-0.39, 0.29) is 18.9 Å². The molecule has 130 valence electrons. The Morgan fingerprint density at radius 1 is 1.28 bits per heavy atom. The number of rotatable bonds is 6. The van der Waals surface area contributed by atoms with Gasteiger partial charge in [-0.05, 0) is 38.1 Å². The molecule has 1 aromatic carbocycles. The van der Waals surface area contributed by atoms with Crippen LogP contribution in [0.2, 0.25) is 0 Å². The van der Waals surface area contributed by atoms with Gasteiger partial charge in [-0.3, -0.25) is 9.78 Å². The smallest absolute Gasteiger partial charge is 0.231 e. The van der Waals surface area contributed by atoms with E-state index in [1.54, 1.807) is 6.20 Å². The molecule has 7 nitrogen and oxygen atoms in total. The lowest BCUT2D eigenvalue weighted by Crippen LogP contribution is -2.33. The molecular formula is C18H21N5O2. The maximum absolute atomic E-state index is 5.47. The van der Waals surface area contributed by atoms with E-state index in [0.717, 1.165) is 28.3 Å². The Labute approximate surface area is 146 Å². The van der Waals surface area contributed by atoms with Gasteiger partial charge in [-0.1, -0.05) is 0 Å². The first kappa shape index (κ1) is 15.7. The Hall–Kier alpha value is -2.80. The molecule has 1 aliphatic rings. The van der Waals surface area contributed by atoms with Gasteiger partial charge in [-0.15, -0.1) is 0 Å². The van der Waals surface area contributed by atoms with E-state index in [0.29, 0.717) is 6.54 Å². The molecular weight excluding hydrogens is 318 g/mol. The first-order chi connectivity index (χ1) is 12.2. The van der Waals surface area contributed by atoms with Crippen LogP contribution in [0.5, 0.6) is 11.5 Å². The van der Waals surface area contributed by atoms with E-state index in [2.05, 4.69) is 34.5 Å². The molecule has 0 aliphatic carbocycles. The van der Waals surface area contributed by atoms with Crippen LogP contribution in [-0.4, -0.2) is 32.8 Å². The molecule has 2 N–H and O–H groups in total. The second-order valence-electron chi connectivity index (χ2n) is 6.23. The molecule has 2 aromatic heterocycles. The van der Waals surface area contributed by atoms with Crippen molar-refractivity contribution in [2.75, 3.05) is 6.79 Å². The molecule has 0 amide bonds. The second kappa shape index (κ2) is 6.60. The SMILES string of the molecule is C[C@@H](NCc1cn[nH]c1-c1ccc2c(c1)OCO2)[C@H](C)n1cccn1. The summed E-state index contributed by atoms with van der Waals surface area (Å²) in [6, 6.07) is 8.39. The lowest BCUT2D eigenvalue weighted by molar-refractivity contribution is 0.174. The Morgan fingerprint density at radius 3 is 3.00 bits per heavy atom. The van der Waals surface area contributed by atoms with Gasteiger partial charge in [-0.2, -0.15) is 10.2 Å². The molecule has 4 rings (SSSR count). The Balaban J connectivity index is 1.47. The summed E-state index contributed by atoms with van der Waals surface area (Å²) in [5, 5.41) is 15.2. The van der Waals surface area contributed by atoms with Gasteiger partial charge in [0.25, 0.3) is 0 Å². The highest BCUT2D eigenvalue weighted by molar-refractivity contribution is 5.66. The van der Waals surface area contributed by atoms with Gasteiger partial charge in [0.1, 0.15) is 0 Å². The maximum Gasteiger partial charge on any atom is 0.231 e. The number of ether oxygens (including phenoxy) is 2. The molecule has 25 heavy (non-hydrogen) atoms. The van der Waals surface area contributed by atoms with Gasteiger partial charge in [0.05, 0.1) is 17.9 Å². The van der Waals surface area contributed by atoms with Gasteiger partial charge in [0.2, 0.25) is 6.79 Å². The highest BCUT2D eigenvalue weighted by Crippen LogP contribution is 2.36. The molecule has 2 atom stereocenters. The van der Waals surface area contributed by atoms with E-state index < -0.39 is 0 Å². The molecule has 0 radical (unpaired) electrons. The minimum Gasteiger partial charge on any atom is -0.454 e. The first-order valence-corrected chi connectivity index (χ1v) is 8.37. The van der Waals surface area contributed by atoms with Crippen LogP contribution in [0.25, 0.3) is 11.3 Å². The highest BCUT2D eigenvalue weighted by atomic mass is 16.7. The van der Waals surface area contributed by atoms with Crippen LogP contribution in [0.3, 0.4) is 0 Å². The summed E-state index contributed by atoms with van der Waals surface area (Å²) in [5.41, 5.74) is 3.13. The molecule has 0 unspecified atom stereocenters. The van der Waals surface area contributed by atoms with Gasteiger partial charge >= 0.3 is 0 Å². The zero-order chi connectivity index (χ0) is 17.2. The third kappa shape index (κ3) is 3.10. The minimum atomic E-state index is 0.260. The van der Waals surface area contributed by atoms with Crippen LogP contribution in [-0.2, 0) is 6.54 Å². The largest absolute Gasteiger partial charge is 0.454 e. The average molecular weight is 339 g/mol. The fourth-order valence-electron chi connectivity index (χ4n) is 2.94. The van der Waals surface area contributed by atoms with Crippen molar-refractivity contribution < 1.29 is 9.47 Å². The van der Waals surface area contributed by atoms with Crippen LogP contribution in [0.1, 0.15) is 25.5 Å². The molecule has 1 aliphatic heterocycles. The standard InChI is InChI=1S/C18H21N5O2/c1-12(13(2)23-7-3-6-21-23)19-9-15-10-20-22-18(15)14-4-5-16-17(8-14)25-11-24-16/h3-8,10,12-13,19H,9,11H2,1-2H3,(H,20,22)/t12-,13+/m1/s1. The third-order valence-electron chi connectivity index (χ3n) is 4.66. The first-order valence-electron chi connectivity index (χ1n) is 8.37. The zero-order valence-electron chi connectivity index (χ0n) is 14.3. The fraction of sp³-hybridized carbons (Fsp3) is 0.333. The van der Waals surface area contributed by atoms with E-state index in [1.807, 2.05) is 41.3 Å². The predicted molar refractivity (Wildman–Crippen MR) is 93.4 cm³/mol. The number of hydrogen-bond donors (Lipinski definition) is 2. The molecule has 0 saturated heterocycles. The van der Waals surface area contributed by atoms with Gasteiger partial charge < -0.3 is 14.8 Å². The number of hydrogen-bond acceptors (Lipinski definition) is 5.